The molecule has 59 valence electrons. The zero-order chi connectivity index (χ0) is 8.10. The third kappa shape index (κ3) is 3.05. The monoisotopic (exact) mass is 151 g/mol. The van der Waals surface area contributed by atoms with Crippen LogP contribution < -0.4 is 4.74 Å². The SMILES string of the molecule is [CH2]C(O)COc1ccccc1. The summed E-state index contributed by atoms with van der Waals surface area (Å²) < 4.78 is 5.15. The molecule has 2 nitrogen and oxygen atoms in total. The van der Waals surface area contributed by atoms with Gasteiger partial charge in [-0.3, -0.25) is 0 Å². The van der Waals surface area contributed by atoms with Crippen LogP contribution in [-0.2, 0) is 0 Å². The topological polar surface area (TPSA) is 29.5 Å². The van der Waals surface area contributed by atoms with E-state index >= 15 is 0 Å². The minimum absolute atomic E-state index is 0.240. The van der Waals surface area contributed by atoms with E-state index in [1.165, 1.54) is 0 Å². The molecule has 1 atom stereocenters. The van der Waals surface area contributed by atoms with Gasteiger partial charge < -0.3 is 9.84 Å². The first kappa shape index (κ1) is 8.08. The molecule has 0 spiro atoms. The van der Waals surface area contributed by atoms with Crippen LogP contribution in [0.5, 0.6) is 5.75 Å². The van der Waals surface area contributed by atoms with Crippen molar-refractivity contribution in [3.8, 4) is 5.75 Å². The quantitative estimate of drug-likeness (QED) is 0.704. The van der Waals surface area contributed by atoms with Gasteiger partial charge in [-0.2, -0.15) is 0 Å². The average molecular weight is 151 g/mol. The van der Waals surface area contributed by atoms with Gasteiger partial charge in [-0.05, 0) is 19.1 Å². The second kappa shape index (κ2) is 3.98. The molecule has 0 aromatic heterocycles. The fourth-order valence-corrected chi connectivity index (χ4v) is 0.709. The Labute approximate surface area is 66.4 Å². The number of hydrogen-bond donors (Lipinski definition) is 1. The zero-order valence-corrected chi connectivity index (χ0v) is 6.23. The Kier molecular flexibility index (Phi) is 2.93. The summed E-state index contributed by atoms with van der Waals surface area (Å²) in [6.45, 7) is 3.62. The molecule has 2 heteroatoms. The highest BCUT2D eigenvalue weighted by molar-refractivity contribution is 5.20. The summed E-state index contributed by atoms with van der Waals surface area (Å²) in [7, 11) is 0. The molecule has 0 fully saturated rings. The van der Waals surface area contributed by atoms with Gasteiger partial charge in [-0.1, -0.05) is 18.2 Å². The Bertz CT molecular complexity index is 194. The molecule has 11 heavy (non-hydrogen) atoms. The maximum absolute atomic E-state index is 8.78. The maximum atomic E-state index is 8.78. The van der Waals surface area contributed by atoms with Crippen LogP contribution in [0.2, 0.25) is 0 Å². The van der Waals surface area contributed by atoms with Crippen molar-refractivity contribution in [1.82, 2.24) is 0 Å². The van der Waals surface area contributed by atoms with Crippen molar-refractivity contribution >= 4 is 0 Å². The molecule has 1 radical (unpaired) electrons. The van der Waals surface area contributed by atoms with E-state index < -0.39 is 6.10 Å². The van der Waals surface area contributed by atoms with Crippen LogP contribution in [0.4, 0.5) is 0 Å². The van der Waals surface area contributed by atoms with Crippen molar-refractivity contribution in [2.45, 2.75) is 6.10 Å². The van der Waals surface area contributed by atoms with Gasteiger partial charge in [0.1, 0.15) is 12.4 Å². The van der Waals surface area contributed by atoms with Crippen molar-refractivity contribution < 1.29 is 9.84 Å². The molecule has 0 heterocycles. The highest BCUT2D eigenvalue weighted by atomic mass is 16.5. The standard InChI is InChI=1S/C9H11O2/c1-8(10)7-11-9-5-3-2-4-6-9/h2-6,8,10H,1,7H2. The van der Waals surface area contributed by atoms with Crippen LogP contribution in [0.3, 0.4) is 0 Å². The van der Waals surface area contributed by atoms with Crippen molar-refractivity contribution in [3.05, 3.63) is 37.3 Å². The second-order valence-corrected chi connectivity index (χ2v) is 2.28. The van der Waals surface area contributed by atoms with Crippen LogP contribution >= 0.6 is 0 Å². The van der Waals surface area contributed by atoms with Gasteiger partial charge in [-0.25, -0.2) is 0 Å². The molecule has 0 bridgehead atoms. The van der Waals surface area contributed by atoms with Crippen molar-refractivity contribution in [3.63, 3.8) is 0 Å². The number of rotatable bonds is 3. The summed E-state index contributed by atoms with van der Waals surface area (Å²) in [4.78, 5) is 0. The maximum Gasteiger partial charge on any atom is 0.119 e. The third-order valence-electron chi connectivity index (χ3n) is 1.19. The molecule has 1 rings (SSSR count). The fraction of sp³-hybridized carbons (Fsp3) is 0.222. The molecule has 0 saturated heterocycles. The summed E-state index contributed by atoms with van der Waals surface area (Å²) in [6, 6.07) is 9.34. The third-order valence-corrected chi connectivity index (χ3v) is 1.19. The van der Waals surface area contributed by atoms with Gasteiger partial charge in [0.25, 0.3) is 0 Å². The lowest BCUT2D eigenvalue weighted by atomic mass is 10.3. The van der Waals surface area contributed by atoms with Crippen LogP contribution in [0.15, 0.2) is 30.3 Å². The molecule has 0 amide bonds. The number of ether oxygens (including phenoxy) is 1. The van der Waals surface area contributed by atoms with Crippen LogP contribution in [0.1, 0.15) is 0 Å². The lowest BCUT2D eigenvalue weighted by molar-refractivity contribution is 0.142. The predicted molar refractivity (Wildman–Crippen MR) is 43.3 cm³/mol. The molecular weight excluding hydrogens is 140 g/mol. The molecular formula is C9H11O2. The van der Waals surface area contributed by atoms with E-state index in [-0.39, 0.29) is 6.61 Å². The van der Waals surface area contributed by atoms with E-state index in [0.29, 0.717) is 0 Å². The van der Waals surface area contributed by atoms with Crippen LogP contribution in [0.25, 0.3) is 0 Å². The van der Waals surface area contributed by atoms with E-state index in [0.717, 1.165) is 5.75 Å². The van der Waals surface area contributed by atoms with E-state index in [4.69, 9.17) is 9.84 Å². The minimum Gasteiger partial charge on any atom is -0.491 e. The van der Waals surface area contributed by atoms with Crippen molar-refractivity contribution in [2.75, 3.05) is 6.61 Å². The Morgan fingerprint density at radius 3 is 2.55 bits per heavy atom. The largest absolute Gasteiger partial charge is 0.491 e. The van der Waals surface area contributed by atoms with E-state index in [1.807, 2.05) is 30.3 Å². The summed E-state index contributed by atoms with van der Waals surface area (Å²) in [5, 5.41) is 8.78. The number of aliphatic hydroxyl groups excluding tert-OH is 1. The molecule has 0 saturated carbocycles. The molecule has 1 aromatic rings. The lowest BCUT2D eigenvalue weighted by Crippen LogP contribution is -2.12. The average Bonchev–Trinajstić information content (AvgIpc) is 2.03. The van der Waals surface area contributed by atoms with Gasteiger partial charge in [-0.15, -0.1) is 0 Å². The predicted octanol–water partition coefficient (Wildman–Crippen LogP) is 1.26. The van der Waals surface area contributed by atoms with Crippen molar-refractivity contribution in [1.29, 1.82) is 0 Å². The Hall–Kier alpha value is -1.02. The lowest BCUT2D eigenvalue weighted by Gasteiger charge is -2.06. The van der Waals surface area contributed by atoms with Crippen LogP contribution in [0, 0.1) is 6.92 Å². The Morgan fingerprint density at radius 1 is 1.36 bits per heavy atom. The zero-order valence-electron chi connectivity index (χ0n) is 6.23. The summed E-state index contributed by atoms with van der Waals surface area (Å²) >= 11 is 0. The number of benzene rings is 1. The smallest absolute Gasteiger partial charge is 0.119 e. The summed E-state index contributed by atoms with van der Waals surface area (Å²) in [6.07, 6.45) is -0.657. The summed E-state index contributed by atoms with van der Waals surface area (Å²) in [5.74, 6) is 0.759. The first-order chi connectivity index (χ1) is 5.29. The van der Waals surface area contributed by atoms with E-state index in [1.54, 1.807) is 0 Å². The molecule has 1 aromatic carbocycles. The summed E-state index contributed by atoms with van der Waals surface area (Å²) in [5.41, 5.74) is 0. The number of hydrogen-bond acceptors (Lipinski definition) is 2. The van der Waals surface area contributed by atoms with Gasteiger partial charge in [0.2, 0.25) is 0 Å². The normalized spacial score (nSPS) is 12.5. The molecule has 0 aliphatic heterocycles. The Balaban J connectivity index is 2.39. The van der Waals surface area contributed by atoms with Gasteiger partial charge in [0, 0.05) is 0 Å². The first-order valence-electron chi connectivity index (χ1n) is 3.48. The molecule has 1 N–H and O–H groups in total. The Morgan fingerprint density at radius 2 is 2.00 bits per heavy atom. The molecule has 0 aliphatic carbocycles. The van der Waals surface area contributed by atoms with Gasteiger partial charge >= 0.3 is 0 Å². The van der Waals surface area contributed by atoms with Crippen LogP contribution in [-0.4, -0.2) is 17.8 Å². The van der Waals surface area contributed by atoms with E-state index in [2.05, 4.69) is 6.92 Å². The highest BCUT2D eigenvalue weighted by Gasteiger charge is 1.95. The van der Waals surface area contributed by atoms with E-state index in [9.17, 15) is 0 Å². The molecule has 0 aliphatic rings. The van der Waals surface area contributed by atoms with Crippen molar-refractivity contribution in [2.24, 2.45) is 0 Å². The number of para-hydroxylation sites is 1. The van der Waals surface area contributed by atoms with Gasteiger partial charge in [0.05, 0.1) is 6.10 Å². The second-order valence-electron chi connectivity index (χ2n) is 2.28. The fourth-order valence-electron chi connectivity index (χ4n) is 0.709. The first-order valence-corrected chi connectivity index (χ1v) is 3.48. The number of aliphatic hydroxyl groups is 1. The molecule has 1 unspecified atom stereocenters. The minimum atomic E-state index is -0.657. The highest BCUT2D eigenvalue weighted by Crippen LogP contribution is 2.07. The van der Waals surface area contributed by atoms with Gasteiger partial charge in [0.15, 0.2) is 0 Å².